The van der Waals surface area contributed by atoms with Crippen molar-refractivity contribution < 1.29 is 34.1 Å². The summed E-state index contributed by atoms with van der Waals surface area (Å²) >= 11 is 11.2. The van der Waals surface area contributed by atoms with Crippen LogP contribution in [0, 0.1) is 10.7 Å². The molecule has 0 aromatic heterocycles. The first-order chi connectivity index (χ1) is 13.6. The van der Waals surface area contributed by atoms with Gasteiger partial charge in [0.15, 0.2) is 6.61 Å². The van der Waals surface area contributed by atoms with Crippen LogP contribution in [-0.2, 0) is 14.3 Å². The number of carbonyl (C=O) groups is 4. The van der Waals surface area contributed by atoms with Gasteiger partial charge in [-0.2, -0.15) is 0 Å². The van der Waals surface area contributed by atoms with Crippen LogP contribution in [0.3, 0.4) is 0 Å². The fourth-order valence-electron chi connectivity index (χ4n) is 2.19. The Labute approximate surface area is 212 Å². The SMILES string of the molecule is CC(=O)OCC(=O)Nc1c(I)c(C(=O)Cl)c(I)c(C(=O)N(CCO)CCO)c1I. The van der Waals surface area contributed by atoms with Crippen molar-refractivity contribution in [3.63, 3.8) is 0 Å². The Morgan fingerprint density at radius 3 is 1.97 bits per heavy atom. The van der Waals surface area contributed by atoms with Crippen LogP contribution in [-0.4, -0.2) is 71.0 Å². The molecule has 1 aromatic carbocycles. The number of ether oxygens (including phenoxy) is 1. The molecule has 0 spiro atoms. The highest BCUT2D eigenvalue weighted by Gasteiger charge is 2.30. The van der Waals surface area contributed by atoms with Crippen molar-refractivity contribution in [3.8, 4) is 0 Å². The van der Waals surface area contributed by atoms with Gasteiger partial charge < -0.3 is 25.2 Å². The lowest BCUT2D eigenvalue weighted by Gasteiger charge is -2.24. The van der Waals surface area contributed by atoms with E-state index >= 15 is 0 Å². The summed E-state index contributed by atoms with van der Waals surface area (Å²) in [6.07, 6.45) is 0. The first kappa shape index (κ1) is 26.7. The molecule has 3 N–H and O–H groups in total. The van der Waals surface area contributed by atoms with Crippen LogP contribution in [0.25, 0.3) is 0 Å². The van der Waals surface area contributed by atoms with E-state index in [2.05, 4.69) is 10.1 Å². The van der Waals surface area contributed by atoms with Gasteiger partial charge in [0.2, 0.25) is 0 Å². The van der Waals surface area contributed by atoms with Gasteiger partial charge in [-0.05, 0) is 79.4 Å². The van der Waals surface area contributed by atoms with Gasteiger partial charge in [-0.3, -0.25) is 19.2 Å². The summed E-state index contributed by atoms with van der Waals surface area (Å²) in [4.78, 5) is 49.3. The average Bonchev–Trinajstić information content (AvgIpc) is 2.62. The van der Waals surface area contributed by atoms with Gasteiger partial charge in [0.25, 0.3) is 17.1 Å². The molecule has 2 amide bonds. The van der Waals surface area contributed by atoms with Crippen LogP contribution in [0.2, 0.25) is 0 Å². The molecule has 9 nitrogen and oxygen atoms in total. The number of hydrogen-bond acceptors (Lipinski definition) is 7. The summed E-state index contributed by atoms with van der Waals surface area (Å²) in [5.41, 5.74) is 0.303. The van der Waals surface area contributed by atoms with Gasteiger partial charge in [-0.25, -0.2) is 0 Å². The second kappa shape index (κ2) is 12.5. The molecule has 0 radical (unpaired) electrons. The molecule has 0 saturated carbocycles. The molecule has 1 aromatic rings. The number of anilines is 1. The van der Waals surface area contributed by atoms with E-state index in [4.69, 9.17) is 11.6 Å². The summed E-state index contributed by atoms with van der Waals surface area (Å²) in [7, 11) is 0. The Balaban J connectivity index is 3.55. The number of rotatable bonds is 9. The highest BCUT2D eigenvalue weighted by atomic mass is 127. The maximum absolute atomic E-state index is 13.1. The van der Waals surface area contributed by atoms with Crippen molar-refractivity contribution in [3.05, 3.63) is 21.8 Å². The first-order valence-corrected chi connectivity index (χ1v) is 11.5. The normalized spacial score (nSPS) is 10.4. The van der Waals surface area contributed by atoms with Crippen LogP contribution in [0.15, 0.2) is 0 Å². The number of amides is 2. The summed E-state index contributed by atoms with van der Waals surface area (Å²) in [6, 6.07) is 0. The van der Waals surface area contributed by atoms with Crippen LogP contribution < -0.4 is 5.32 Å². The van der Waals surface area contributed by atoms with Crippen molar-refractivity contribution in [2.24, 2.45) is 0 Å². The van der Waals surface area contributed by atoms with Gasteiger partial charge in [0.1, 0.15) is 0 Å². The van der Waals surface area contributed by atoms with E-state index in [0.717, 1.165) is 6.92 Å². The first-order valence-electron chi connectivity index (χ1n) is 7.91. The van der Waals surface area contributed by atoms with E-state index in [9.17, 15) is 29.4 Å². The van der Waals surface area contributed by atoms with E-state index in [0.29, 0.717) is 7.14 Å². The Kier molecular flexibility index (Phi) is 11.6. The maximum atomic E-state index is 13.1. The fraction of sp³-hybridized carbons (Fsp3) is 0.375. The van der Waals surface area contributed by atoms with E-state index < -0.39 is 29.6 Å². The van der Waals surface area contributed by atoms with Gasteiger partial charge in [0, 0.05) is 23.6 Å². The molecule has 0 heterocycles. The standard InChI is InChI=1S/C16H16ClI3N2O7/c1-7(25)29-6-8(26)21-14-12(19)9(15(17)27)11(18)10(13(14)20)16(28)22(2-4-23)3-5-24/h23-24H,2-6H2,1H3,(H,21,26). The summed E-state index contributed by atoms with van der Waals surface area (Å²) in [5.74, 6) is -1.84. The molecular weight excluding hydrogens is 748 g/mol. The number of halogens is 4. The number of nitrogens with zero attached hydrogens (tertiary/aromatic N) is 1. The number of aliphatic hydroxyl groups is 2. The molecule has 1 rings (SSSR count). The lowest BCUT2D eigenvalue weighted by Crippen LogP contribution is -2.37. The maximum Gasteiger partial charge on any atom is 0.303 e. The highest BCUT2D eigenvalue weighted by Crippen LogP contribution is 2.37. The number of benzene rings is 1. The predicted octanol–water partition coefficient (Wildman–Crippen LogP) is 1.81. The van der Waals surface area contributed by atoms with Crippen LogP contribution in [0.5, 0.6) is 0 Å². The van der Waals surface area contributed by atoms with Crippen LogP contribution in [0.4, 0.5) is 5.69 Å². The molecule has 29 heavy (non-hydrogen) atoms. The van der Waals surface area contributed by atoms with Crippen molar-refractivity contribution in [2.75, 3.05) is 38.2 Å². The second-order valence-corrected chi connectivity index (χ2v) is 8.99. The number of esters is 1. The van der Waals surface area contributed by atoms with E-state index in [-0.39, 0.29) is 46.7 Å². The summed E-state index contributed by atoms with van der Waals surface area (Å²) in [5, 5.41) is 20.1. The minimum Gasteiger partial charge on any atom is -0.456 e. The zero-order valence-electron chi connectivity index (χ0n) is 14.9. The van der Waals surface area contributed by atoms with Crippen molar-refractivity contribution in [1.29, 1.82) is 0 Å². The molecule has 0 atom stereocenters. The van der Waals surface area contributed by atoms with Crippen molar-refractivity contribution in [1.82, 2.24) is 4.90 Å². The van der Waals surface area contributed by atoms with Gasteiger partial charge >= 0.3 is 5.97 Å². The van der Waals surface area contributed by atoms with Gasteiger partial charge in [0.05, 0.1) is 37.2 Å². The second-order valence-electron chi connectivity index (χ2n) is 5.41. The van der Waals surface area contributed by atoms with Crippen molar-refractivity contribution >= 4 is 108 Å². The fourth-order valence-corrected chi connectivity index (χ4v) is 7.09. The zero-order chi connectivity index (χ0) is 22.3. The third-order valence-electron chi connectivity index (χ3n) is 3.43. The Hall–Kier alpha value is -0.300. The highest BCUT2D eigenvalue weighted by molar-refractivity contribution is 14.1. The number of aliphatic hydroxyl groups excluding tert-OH is 2. The molecule has 0 bridgehead atoms. The minimum absolute atomic E-state index is 0.0319. The Bertz CT molecular complexity index is 829. The largest absolute Gasteiger partial charge is 0.456 e. The molecule has 0 aliphatic rings. The van der Waals surface area contributed by atoms with Crippen LogP contribution in [0.1, 0.15) is 27.6 Å². The molecule has 0 unspecified atom stereocenters. The summed E-state index contributed by atoms with van der Waals surface area (Å²) in [6.45, 7) is -0.0928. The quantitative estimate of drug-likeness (QED) is 0.199. The smallest absolute Gasteiger partial charge is 0.303 e. The predicted molar refractivity (Wildman–Crippen MR) is 130 cm³/mol. The van der Waals surface area contributed by atoms with E-state index in [1.165, 1.54) is 4.90 Å². The van der Waals surface area contributed by atoms with E-state index in [1.807, 2.05) is 67.8 Å². The van der Waals surface area contributed by atoms with Crippen LogP contribution >= 0.6 is 79.4 Å². The zero-order valence-corrected chi connectivity index (χ0v) is 22.2. The number of hydrogen-bond donors (Lipinski definition) is 3. The molecule has 0 saturated heterocycles. The number of carbonyl (C=O) groups excluding carboxylic acids is 4. The third-order valence-corrected chi connectivity index (χ3v) is 6.85. The van der Waals surface area contributed by atoms with Gasteiger partial charge in [-0.1, -0.05) is 0 Å². The molecule has 13 heteroatoms. The molecule has 160 valence electrons. The van der Waals surface area contributed by atoms with Crippen molar-refractivity contribution in [2.45, 2.75) is 6.92 Å². The molecule has 0 fully saturated rings. The lowest BCUT2D eigenvalue weighted by atomic mass is 10.1. The average molecular weight is 764 g/mol. The molecule has 0 aliphatic heterocycles. The minimum atomic E-state index is -0.824. The van der Waals surface area contributed by atoms with E-state index in [1.54, 1.807) is 0 Å². The monoisotopic (exact) mass is 764 g/mol. The lowest BCUT2D eigenvalue weighted by molar-refractivity contribution is -0.144. The number of nitrogens with one attached hydrogen (secondary N) is 1. The molecular formula is C16H16ClI3N2O7. The molecule has 0 aliphatic carbocycles. The topological polar surface area (TPSA) is 133 Å². The summed E-state index contributed by atoms with van der Waals surface area (Å²) < 4.78 is 5.59. The van der Waals surface area contributed by atoms with Gasteiger partial charge in [-0.15, -0.1) is 0 Å². The Morgan fingerprint density at radius 2 is 1.52 bits per heavy atom. The third kappa shape index (κ3) is 7.12. The Morgan fingerprint density at radius 1 is 1.00 bits per heavy atom.